The van der Waals surface area contributed by atoms with Crippen molar-refractivity contribution in [3.8, 4) is 0 Å². The van der Waals surface area contributed by atoms with Crippen LogP contribution in [0.3, 0.4) is 0 Å². The van der Waals surface area contributed by atoms with Gasteiger partial charge in [0, 0.05) is 24.9 Å². The summed E-state index contributed by atoms with van der Waals surface area (Å²) in [6.45, 7) is 11.7. The van der Waals surface area contributed by atoms with Crippen LogP contribution in [0.4, 0.5) is 0 Å². The fraction of sp³-hybridized carbons (Fsp3) is 0.706. The minimum atomic E-state index is 0.549. The molecule has 0 saturated carbocycles. The van der Waals surface area contributed by atoms with Crippen LogP contribution >= 0.6 is 0 Å². The number of rotatable bonds is 6. The lowest BCUT2D eigenvalue weighted by atomic mass is 9.96. The number of nitrogens with zero attached hydrogens (tertiary/aromatic N) is 6. The molecule has 0 bridgehead atoms. The molecule has 1 aliphatic heterocycles. The molecule has 0 aromatic carbocycles. The number of hydrogen-bond acceptors (Lipinski definition) is 4. The summed E-state index contributed by atoms with van der Waals surface area (Å²) >= 11 is 0. The third-order valence-corrected chi connectivity index (χ3v) is 4.90. The first-order valence-electron chi connectivity index (χ1n) is 8.85. The van der Waals surface area contributed by atoms with E-state index in [0.717, 1.165) is 24.7 Å². The summed E-state index contributed by atoms with van der Waals surface area (Å²) in [6, 6.07) is 0. The lowest BCUT2D eigenvalue weighted by molar-refractivity contribution is 0.208. The molecule has 0 spiro atoms. The molecule has 0 unspecified atom stereocenters. The molecule has 2 aromatic rings. The second-order valence-electron chi connectivity index (χ2n) is 6.44. The van der Waals surface area contributed by atoms with Crippen LogP contribution in [0, 0.1) is 6.92 Å². The fourth-order valence-electron chi connectivity index (χ4n) is 3.57. The highest BCUT2D eigenvalue weighted by Crippen LogP contribution is 2.27. The lowest BCUT2D eigenvalue weighted by Crippen LogP contribution is -2.34. The maximum Gasteiger partial charge on any atom is 0.153 e. The number of aromatic nitrogens is 5. The molecule has 0 amide bonds. The number of aryl methyl sites for hydroxylation is 1. The molecule has 23 heavy (non-hydrogen) atoms. The Morgan fingerprint density at radius 2 is 1.96 bits per heavy atom. The molecule has 0 atom stereocenters. The molecule has 0 N–H and O–H groups in total. The van der Waals surface area contributed by atoms with Crippen molar-refractivity contribution < 1.29 is 0 Å². The van der Waals surface area contributed by atoms with Gasteiger partial charge in [-0.2, -0.15) is 0 Å². The Kier molecular flexibility index (Phi) is 5.10. The summed E-state index contributed by atoms with van der Waals surface area (Å²) < 4.78 is 4.43. The minimum Gasteiger partial charge on any atom is -0.328 e. The van der Waals surface area contributed by atoms with Crippen molar-refractivity contribution in [2.75, 3.05) is 19.6 Å². The van der Waals surface area contributed by atoms with Gasteiger partial charge in [-0.25, -0.2) is 4.98 Å². The predicted molar refractivity (Wildman–Crippen MR) is 90.5 cm³/mol. The van der Waals surface area contributed by atoms with Crippen molar-refractivity contribution in [1.82, 2.24) is 29.2 Å². The number of imidazole rings is 1. The van der Waals surface area contributed by atoms with E-state index in [1.807, 2.05) is 19.3 Å². The minimum absolute atomic E-state index is 0.549. The molecule has 6 heteroatoms. The van der Waals surface area contributed by atoms with Gasteiger partial charge in [0.25, 0.3) is 0 Å². The second-order valence-corrected chi connectivity index (χ2v) is 6.44. The van der Waals surface area contributed by atoms with Gasteiger partial charge in [0.2, 0.25) is 0 Å². The van der Waals surface area contributed by atoms with Gasteiger partial charge in [0.1, 0.15) is 11.6 Å². The summed E-state index contributed by atoms with van der Waals surface area (Å²) in [5, 5.41) is 9.04. The summed E-state index contributed by atoms with van der Waals surface area (Å²) in [6.07, 6.45) is 7.48. The maximum atomic E-state index is 4.55. The third kappa shape index (κ3) is 3.47. The summed E-state index contributed by atoms with van der Waals surface area (Å²) in [5.41, 5.74) is 0. The Bertz CT molecular complexity index is 621. The predicted octanol–water partition coefficient (Wildman–Crippen LogP) is 2.44. The maximum absolute atomic E-state index is 4.55. The van der Waals surface area contributed by atoms with Gasteiger partial charge in [-0.05, 0) is 52.7 Å². The summed E-state index contributed by atoms with van der Waals surface area (Å²) in [7, 11) is 0. The molecule has 0 aliphatic carbocycles. The van der Waals surface area contributed by atoms with Gasteiger partial charge in [-0.1, -0.05) is 6.92 Å². The van der Waals surface area contributed by atoms with Crippen LogP contribution in [-0.2, 0) is 13.1 Å². The molecule has 2 aromatic heterocycles. The summed E-state index contributed by atoms with van der Waals surface area (Å²) in [5.74, 6) is 3.79. The Morgan fingerprint density at radius 1 is 1.17 bits per heavy atom. The SMILES string of the molecule is CCCN1CCC(c2nnc(Cn3ccnc3C)n2CC)CC1. The number of likely N-dealkylation sites (tertiary alicyclic amines) is 1. The van der Waals surface area contributed by atoms with Crippen molar-refractivity contribution >= 4 is 0 Å². The van der Waals surface area contributed by atoms with E-state index in [2.05, 4.69) is 43.1 Å². The highest BCUT2D eigenvalue weighted by molar-refractivity contribution is 5.05. The molecule has 1 saturated heterocycles. The van der Waals surface area contributed by atoms with E-state index in [-0.39, 0.29) is 0 Å². The highest BCUT2D eigenvalue weighted by Gasteiger charge is 2.25. The van der Waals surface area contributed by atoms with Crippen LogP contribution in [0.5, 0.6) is 0 Å². The Balaban J connectivity index is 1.73. The smallest absolute Gasteiger partial charge is 0.153 e. The van der Waals surface area contributed by atoms with Crippen LogP contribution in [0.1, 0.15) is 56.5 Å². The Morgan fingerprint density at radius 3 is 2.57 bits per heavy atom. The van der Waals surface area contributed by atoms with Gasteiger partial charge < -0.3 is 14.0 Å². The van der Waals surface area contributed by atoms with E-state index in [1.54, 1.807) is 0 Å². The van der Waals surface area contributed by atoms with Gasteiger partial charge >= 0.3 is 0 Å². The van der Waals surface area contributed by atoms with E-state index >= 15 is 0 Å². The van der Waals surface area contributed by atoms with Gasteiger partial charge in [-0.15, -0.1) is 10.2 Å². The zero-order valence-corrected chi connectivity index (χ0v) is 14.6. The van der Waals surface area contributed by atoms with Crippen LogP contribution in [0.15, 0.2) is 12.4 Å². The van der Waals surface area contributed by atoms with Crippen LogP contribution in [0.25, 0.3) is 0 Å². The average molecular weight is 316 g/mol. The van der Waals surface area contributed by atoms with E-state index in [9.17, 15) is 0 Å². The third-order valence-electron chi connectivity index (χ3n) is 4.90. The van der Waals surface area contributed by atoms with Crippen molar-refractivity contribution in [3.63, 3.8) is 0 Å². The first-order valence-corrected chi connectivity index (χ1v) is 8.85. The highest BCUT2D eigenvalue weighted by atomic mass is 15.3. The molecule has 3 heterocycles. The Hall–Kier alpha value is -1.69. The van der Waals surface area contributed by atoms with Crippen LogP contribution in [0.2, 0.25) is 0 Å². The Labute approximate surface area is 138 Å². The molecule has 0 radical (unpaired) electrons. The molecule has 3 rings (SSSR count). The number of hydrogen-bond donors (Lipinski definition) is 0. The van der Waals surface area contributed by atoms with Crippen molar-refractivity contribution in [1.29, 1.82) is 0 Å². The van der Waals surface area contributed by atoms with E-state index in [1.165, 1.54) is 44.7 Å². The zero-order valence-electron chi connectivity index (χ0n) is 14.6. The topological polar surface area (TPSA) is 51.8 Å². The molecular formula is C17H28N6. The van der Waals surface area contributed by atoms with Gasteiger partial charge in [-0.3, -0.25) is 0 Å². The summed E-state index contributed by atoms with van der Waals surface area (Å²) in [4.78, 5) is 6.86. The normalized spacial score (nSPS) is 17.0. The van der Waals surface area contributed by atoms with E-state index in [0.29, 0.717) is 5.92 Å². The molecule has 1 aliphatic rings. The second kappa shape index (κ2) is 7.25. The van der Waals surface area contributed by atoms with E-state index in [4.69, 9.17) is 0 Å². The van der Waals surface area contributed by atoms with Crippen LogP contribution in [-0.4, -0.2) is 48.8 Å². The standard InChI is InChI=1S/C17H28N6/c1-4-9-21-10-6-15(7-11-21)17-20-19-16(23(17)5-2)13-22-12-8-18-14(22)3/h8,12,15H,4-7,9-11,13H2,1-3H3. The average Bonchev–Trinajstić information content (AvgIpc) is 3.15. The molecular weight excluding hydrogens is 288 g/mol. The first kappa shape index (κ1) is 16.2. The fourth-order valence-corrected chi connectivity index (χ4v) is 3.57. The van der Waals surface area contributed by atoms with Crippen LogP contribution < -0.4 is 0 Å². The molecule has 1 fully saturated rings. The van der Waals surface area contributed by atoms with Crippen molar-refractivity contribution in [2.24, 2.45) is 0 Å². The van der Waals surface area contributed by atoms with Crippen molar-refractivity contribution in [2.45, 2.75) is 59.0 Å². The number of piperidine rings is 1. The largest absolute Gasteiger partial charge is 0.328 e. The zero-order chi connectivity index (χ0) is 16.2. The van der Waals surface area contributed by atoms with Gasteiger partial charge in [0.15, 0.2) is 5.82 Å². The van der Waals surface area contributed by atoms with Gasteiger partial charge in [0.05, 0.1) is 6.54 Å². The quantitative estimate of drug-likeness (QED) is 0.821. The molecule has 6 nitrogen and oxygen atoms in total. The van der Waals surface area contributed by atoms with Crippen molar-refractivity contribution in [3.05, 3.63) is 29.9 Å². The van der Waals surface area contributed by atoms with E-state index < -0.39 is 0 Å². The monoisotopic (exact) mass is 316 g/mol. The first-order chi connectivity index (χ1) is 11.2. The molecule has 126 valence electrons. The lowest BCUT2D eigenvalue weighted by Gasteiger charge is -2.31.